The Bertz CT molecular complexity index is 525. The summed E-state index contributed by atoms with van der Waals surface area (Å²) in [6.45, 7) is 2.12. The molecule has 0 amide bonds. The van der Waals surface area contributed by atoms with E-state index in [1.54, 1.807) is 0 Å². The van der Waals surface area contributed by atoms with Gasteiger partial charge in [0.1, 0.15) is 11.5 Å². The summed E-state index contributed by atoms with van der Waals surface area (Å²) in [6, 6.07) is 13.6. The van der Waals surface area contributed by atoms with E-state index in [2.05, 4.69) is 28.9 Å². The molecule has 2 aromatic rings. The van der Waals surface area contributed by atoms with E-state index in [-0.39, 0.29) is 0 Å². The number of nitrogens with two attached hydrogens (primary N) is 1. The van der Waals surface area contributed by atoms with Crippen LogP contribution < -0.4 is 10.5 Å². The molecule has 0 radical (unpaired) electrons. The largest absolute Gasteiger partial charge is 0.455 e. The van der Waals surface area contributed by atoms with E-state index in [9.17, 15) is 0 Å². The second-order valence-corrected chi connectivity index (χ2v) is 4.70. The predicted octanol–water partition coefficient (Wildman–Crippen LogP) is 4.39. The van der Waals surface area contributed by atoms with Crippen molar-refractivity contribution in [2.75, 3.05) is 5.73 Å². The minimum Gasteiger partial charge on any atom is -0.455 e. The van der Waals surface area contributed by atoms with E-state index in [4.69, 9.17) is 10.5 Å². The van der Waals surface area contributed by atoms with Gasteiger partial charge in [0, 0.05) is 4.47 Å². The number of benzene rings is 2. The van der Waals surface area contributed by atoms with E-state index in [1.165, 1.54) is 5.56 Å². The van der Waals surface area contributed by atoms with Crippen LogP contribution in [0.15, 0.2) is 46.9 Å². The van der Waals surface area contributed by atoms with Gasteiger partial charge < -0.3 is 10.5 Å². The molecule has 0 aromatic heterocycles. The van der Waals surface area contributed by atoms with Crippen LogP contribution in [-0.2, 0) is 6.42 Å². The SMILES string of the molecule is CCc1cccc(Oc2ccc(Br)cc2N)c1. The summed E-state index contributed by atoms with van der Waals surface area (Å²) in [5, 5.41) is 0. The van der Waals surface area contributed by atoms with Crippen molar-refractivity contribution in [2.24, 2.45) is 0 Å². The van der Waals surface area contributed by atoms with Crippen molar-refractivity contribution in [1.29, 1.82) is 0 Å². The Morgan fingerprint density at radius 3 is 2.71 bits per heavy atom. The number of hydrogen-bond acceptors (Lipinski definition) is 2. The number of rotatable bonds is 3. The molecule has 0 aliphatic heterocycles. The summed E-state index contributed by atoms with van der Waals surface area (Å²) in [4.78, 5) is 0. The van der Waals surface area contributed by atoms with Gasteiger partial charge in [0.2, 0.25) is 0 Å². The van der Waals surface area contributed by atoms with Crippen molar-refractivity contribution < 1.29 is 4.74 Å². The third kappa shape index (κ3) is 3.01. The van der Waals surface area contributed by atoms with Crippen molar-refractivity contribution >= 4 is 21.6 Å². The van der Waals surface area contributed by atoms with Crippen molar-refractivity contribution in [3.05, 3.63) is 52.5 Å². The lowest BCUT2D eigenvalue weighted by Crippen LogP contribution is -1.92. The lowest BCUT2D eigenvalue weighted by Gasteiger charge is -2.09. The molecule has 0 fully saturated rings. The number of halogens is 1. The first kappa shape index (κ1) is 12.0. The van der Waals surface area contributed by atoms with Crippen LogP contribution in [0.2, 0.25) is 0 Å². The van der Waals surface area contributed by atoms with Crippen molar-refractivity contribution in [2.45, 2.75) is 13.3 Å². The van der Waals surface area contributed by atoms with Crippen LogP contribution in [0.5, 0.6) is 11.5 Å². The van der Waals surface area contributed by atoms with Crippen LogP contribution in [0, 0.1) is 0 Å². The molecule has 0 aliphatic carbocycles. The first-order valence-corrected chi connectivity index (χ1v) is 6.30. The molecule has 0 bridgehead atoms. The zero-order chi connectivity index (χ0) is 12.3. The second kappa shape index (κ2) is 5.23. The molecule has 2 nitrogen and oxygen atoms in total. The van der Waals surface area contributed by atoms with Gasteiger partial charge in [0.05, 0.1) is 5.69 Å². The summed E-state index contributed by atoms with van der Waals surface area (Å²) >= 11 is 3.37. The molecule has 0 heterocycles. The summed E-state index contributed by atoms with van der Waals surface area (Å²) in [7, 11) is 0. The first-order valence-electron chi connectivity index (χ1n) is 5.51. The molecular weight excluding hydrogens is 278 g/mol. The van der Waals surface area contributed by atoms with Gasteiger partial charge in [0.15, 0.2) is 0 Å². The van der Waals surface area contributed by atoms with Crippen LogP contribution in [0.4, 0.5) is 5.69 Å². The number of hydrogen-bond donors (Lipinski definition) is 1. The highest BCUT2D eigenvalue weighted by molar-refractivity contribution is 9.10. The maximum atomic E-state index is 5.88. The fourth-order valence-electron chi connectivity index (χ4n) is 1.57. The van der Waals surface area contributed by atoms with E-state index in [1.807, 2.05) is 36.4 Å². The highest BCUT2D eigenvalue weighted by atomic mass is 79.9. The van der Waals surface area contributed by atoms with Gasteiger partial charge >= 0.3 is 0 Å². The highest BCUT2D eigenvalue weighted by Crippen LogP contribution is 2.30. The molecule has 2 rings (SSSR count). The molecule has 0 aliphatic rings. The second-order valence-electron chi connectivity index (χ2n) is 3.79. The summed E-state index contributed by atoms with van der Waals surface area (Å²) in [5.41, 5.74) is 7.76. The Morgan fingerprint density at radius 2 is 2.00 bits per heavy atom. The van der Waals surface area contributed by atoms with Crippen LogP contribution in [0.25, 0.3) is 0 Å². The van der Waals surface area contributed by atoms with Gasteiger partial charge in [-0.25, -0.2) is 0 Å². The number of nitrogen functional groups attached to an aromatic ring is 1. The molecule has 17 heavy (non-hydrogen) atoms. The summed E-state index contributed by atoms with van der Waals surface area (Å²) in [6.07, 6.45) is 0.993. The van der Waals surface area contributed by atoms with Gasteiger partial charge in [-0.15, -0.1) is 0 Å². The third-order valence-electron chi connectivity index (χ3n) is 2.51. The Morgan fingerprint density at radius 1 is 1.18 bits per heavy atom. The Balaban J connectivity index is 2.25. The predicted molar refractivity (Wildman–Crippen MR) is 74.4 cm³/mol. The molecule has 0 saturated heterocycles. The topological polar surface area (TPSA) is 35.2 Å². The fraction of sp³-hybridized carbons (Fsp3) is 0.143. The summed E-state index contributed by atoms with van der Waals surface area (Å²) in [5.74, 6) is 1.50. The van der Waals surface area contributed by atoms with Crippen LogP contribution in [0.1, 0.15) is 12.5 Å². The first-order chi connectivity index (χ1) is 8.19. The normalized spacial score (nSPS) is 10.2. The van der Waals surface area contributed by atoms with Crippen LogP contribution >= 0.6 is 15.9 Å². The smallest absolute Gasteiger partial charge is 0.150 e. The molecular formula is C14H14BrNO. The van der Waals surface area contributed by atoms with Gasteiger partial charge in [-0.3, -0.25) is 0 Å². The average Bonchev–Trinajstić information content (AvgIpc) is 2.33. The number of anilines is 1. The van der Waals surface area contributed by atoms with Gasteiger partial charge in [-0.1, -0.05) is 35.0 Å². The van der Waals surface area contributed by atoms with Crippen LogP contribution in [-0.4, -0.2) is 0 Å². The lowest BCUT2D eigenvalue weighted by atomic mass is 10.2. The molecule has 2 N–H and O–H groups in total. The Labute approximate surface area is 110 Å². The van der Waals surface area contributed by atoms with Crippen molar-refractivity contribution in [1.82, 2.24) is 0 Å². The Hall–Kier alpha value is -1.48. The van der Waals surface area contributed by atoms with E-state index in [0.717, 1.165) is 16.6 Å². The van der Waals surface area contributed by atoms with Gasteiger partial charge in [-0.05, 0) is 42.3 Å². The van der Waals surface area contributed by atoms with Gasteiger partial charge in [-0.2, -0.15) is 0 Å². The maximum Gasteiger partial charge on any atom is 0.150 e. The molecule has 0 unspecified atom stereocenters. The van der Waals surface area contributed by atoms with E-state index >= 15 is 0 Å². The van der Waals surface area contributed by atoms with E-state index in [0.29, 0.717) is 11.4 Å². The maximum absolute atomic E-state index is 5.88. The third-order valence-corrected chi connectivity index (χ3v) is 3.00. The van der Waals surface area contributed by atoms with E-state index < -0.39 is 0 Å². The van der Waals surface area contributed by atoms with Crippen molar-refractivity contribution in [3.63, 3.8) is 0 Å². The zero-order valence-corrected chi connectivity index (χ0v) is 11.2. The fourth-order valence-corrected chi connectivity index (χ4v) is 1.95. The monoisotopic (exact) mass is 291 g/mol. The molecule has 0 spiro atoms. The number of ether oxygens (including phenoxy) is 1. The summed E-state index contributed by atoms with van der Waals surface area (Å²) < 4.78 is 6.71. The molecule has 88 valence electrons. The molecule has 0 atom stereocenters. The average molecular weight is 292 g/mol. The zero-order valence-electron chi connectivity index (χ0n) is 9.61. The standard InChI is InChI=1S/C14H14BrNO/c1-2-10-4-3-5-12(8-10)17-14-7-6-11(15)9-13(14)16/h3-9H,2,16H2,1H3. The number of aryl methyl sites for hydroxylation is 1. The Kier molecular flexibility index (Phi) is 3.69. The minimum absolute atomic E-state index is 0.626. The van der Waals surface area contributed by atoms with Crippen molar-refractivity contribution in [3.8, 4) is 11.5 Å². The highest BCUT2D eigenvalue weighted by Gasteiger charge is 2.03. The molecule has 3 heteroatoms. The lowest BCUT2D eigenvalue weighted by molar-refractivity contribution is 0.484. The molecule has 2 aromatic carbocycles. The quantitative estimate of drug-likeness (QED) is 0.852. The van der Waals surface area contributed by atoms with Gasteiger partial charge in [0.25, 0.3) is 0 Å². The minimum atomic E-state index is 0.626. The molecule has 0 saturated carbocycles. The van der Waals surface area contributed by atoms with Crippen LogP contribution in [0.3, 0.4) is 0 Å².